The number of amides is 3. The molecule has 4 bridgehead atoms. The molecule has 6 nitrogen and oxygen atoms in total. The lowest BCUT2D eigenvalue weighted by Gasteiger charge is -2.54. The van der Waals surface area contributed by atoms with Gasteiger partial charge in [-0.3, -0.25) is 9.59 Å². The molecule has 6 heteroatoms. The van der Waals surface area contributed by atoms with Gasteiger partial charge in [-0.05, 0) is 118 Å². The number of hydrogen-bond acceptors (Lipinski definition) is 3. The highest BCUT2D eigenvalue weighted by Gasteiger charge is 2.51. The molecule has 0 radical (unpaired) electrons. The van der Waals surface area contributed by atoms with E-state index in [-0.39, 0.29) is 30.4 Å². The summed E-state index contributed by atoms with van der Waals surface area (Å²) < 4.78 is 0. The van der Waals surface area contributed by atoms with E-state index in [9.17, 15) is 14.4 Å². The minimum absolute atomic E-state index is 0.0466. The maximum Gasteiger partial charge on any atom is 0.319 e. The normalized spacial score (nSPS) is 35.1. The lowest BCUT2D eigenvalue weighted by Crippen LogP contribution is -2.56. The Morgan fingerprint density at radius 1 is 0.868 bits per heavy atom. The number of likely N-dealkylation sites (tertiary alicyclic amines) is 1. The first-order chi connectivity index (χ1) is 18.4. The molecule has 0 aromatic heterocycles. The fourth-order valence-electron chi connectivity index (χ4n) is 9.28. The zero-order valence-corrected chi connectivity index (χ0v) is 23.0. The first-order valence-corrected chi connectivity index (χ1v) is 15.4. The number of aryl methyl sites for hydroxylation is 1. The third kappa shape index (κ3) is 5.37. The third-order valence-electron chi connectivity index (χ3n) is 10.7. The molecule has 0 spiro atoms. The van der Waals surface area contributed by atoms with Crippen LogP contribution in [0.25, 0.3) is 0 Å². The molecule has 2 unspecified atom stereocenters. The molecule has 2 N–H and O–H groups in total. The summed E-state index contributed by atoms with van der Waals surface area (Å²) in [4.78, 5) is 43.0. The molecule has 206 valence electrons. The van der Waals surface area contributed by atoms with Crippen molar-refractivity contribution < 1.29 is 14.4 Å². The molecule has 1 heterocycles. The van der Waals surface area contributed by atoms with Crippen molar-refractivity contribution in [1.29, 1.82) is 0 Å². The van der Waals surface area contributed by atoms with Gasteiger partial charge in [0.05, 0.1) is 6.54 Å². The minimum Gasteiger partial charge on any atom is -0.330 e. The Balaban J connectivity index is 1.18. The quantitative estimate of drug-likeness (QED) is 0.478. The number of nitrogens with zero attached hydrogens (tertiary/aromatic N) is 1. The van der Waals surface area contributed by atoms with Crippen LogP contribution in [0.5, 0.6) is 0 Å². The van der Waals surface area contributed by atoms with E-state index in [1.165, 1.54) is 51.4 Å². The Morgan fingerprint density at radius 3 is 2.26 bits per heavy atom. The zero-order valence-electron chi connectivity index (χ0n) is 23.0. The fraction of sp³-hybridized carbons (Fsp3) is 0.719. The summed E-state index contributed by atoms with van der Waals surface area (Å²) in [6, 6.07) is 6.86. The second-order valence-corrected chi connectivity index (χ2v) is 13.3. The SMILES string of the molecule is Cc1cccc(NC(=O)NC2CCCC(C3CCCCC3)N(CC(=O)C3C4CC5CC(C4)CC3C5)C2=O)c1. The summed E-state index contributed by atoms with van der Waals surface area (Å²) in [6.07, 6.45) is 14.7. The largest absolute Gasteiger partial charge is 0.330 e. The summed E-state index contributed by atoms with van der Waals surface area (Å²) in [7, 11) is 0. The standard InChI is InChI=1S/C32H45N3O3/c1-20-7-5-10-26(13-20)33-32(38)34-27-11-6-12-28(23-8-3-2-4-9-23)35(31(27)37)19-29(36)30-24-15-21-14-22(17-24)18-25(30)16-21/h5,7,10,13,21-25,27-28,30H,2-4,6,8-9,11-12,14-19H2,1H3,(H2,33,34,38). The Hall–Kier alpha value is -2.37. The Bertz CT molecular complexity index is 1020. The van der Waals surface area contributed by atoms with Gasteiger partial charge in [-0.1, -0.05) is 31.4 Å². The van der Waals surface area contributed by atoms with E-state index >= 15 is 0 Å². The van der Waals surface area contributed by atoms with Crippen LogP contribution in [0.2, 0.25) is 0 Å². The maximum atomic E-state index is 14.1. The van der Waals surface area contributed by atoms with Crippen LogP contribution in [0.4, 0.5) is 10.5 Å². The molecular weight excluding hydrogens is 474 g/mol. The number of urea groups is 1. The molecule has 1 aliphatic heterocycles. The van der Waals surface area contributed by atoms with Crippen LogP contribution in [0.3, 0.4) is 0 Å². The molecule has 5 aliphatic carbocycles. The molecule has 6 aliphatic rings. The number of carbonyl (C=O) groups excluding carboxylic acids is 3. The van der Waals surface area contributed by atoms with Crippen molar-refractivity contribution in [2.75, 3.05) is 11.9 Å². The van der Waals surface area contributed by atoms with E-state index in [0.29, 0.717) is 30.0 Å². The molecular formula is C32H45N3O3. The van der Waals surface area contributed by atoms with Gasteiger partial charge >= 0.3 is 6.03 Å². The number of ketones is 1. The molecule has 1 aromatic carbocycles. The van der Waals surface area contributed by atoms with Crippen molar-refractivity contribution in [2.24, 2.45) is 35.5 Å². The van der Waals surface area contributed by atoms with Crippen LogP contribution in [-0.2, 0) is 9.59 Å². The van der Waals surface area contributed by atoms with Crippen LogP contribution >= 0.6 is 0 Å². The average Bonchev–Trinajstić information content (AvgIpc) is 3.03. The molecule has 6 fully saturated rings. The predicted molar refractivity (Wildman–Crippen MR) is 149 cm³/mol. The van der Waals surface area contributed by atoms with Gasteiger partial charge in [-0.15, -0.1) is 0 Å². The number of hydrogen-bond donors (Lipinski definition) is 2. The fourth-order valence-corrected chi connectivity index (χ4v) is 9.28. The molecule has 5 saturated carbocycles. The van der Waals surface area contributed by atoms with Crippen molar-refractivity contribution in [3.05, 3.63) is 29.8 Å². The summed E-state index contributed by atoms with van der Waals surface area (Å²) in [5.74, 6) is 3.59. The Labute approximate surface area is 227 Å². The van der Waals surface area contributed by atoms with Crippen LogP contribution in [0.1, 0.15) is 89.0 Å². The summed E-state index contributed by atoms with van der Waals surface area (Å²) >= 11 is 0. The monoisotopic (exact) mass is 519 g/mol. The molecule has 7 rings (SSSR count). The summed E-state index contributed by atoms with van der Waals surface area (Å²) in [5.41, 5.74) is 1.79. The molecule has 2 atom stereocenters. The van der Waals surface area contributed by atoms with Crippen LogP contribution in [-0.4, -0.2) is 41.2 Å². The van der Waals surface area contributed by atoms with Gasteiger partial charge in [0.15, 0.2) is 5.78 Å². The molecule has 1 aromatic rings. The van der Waals surface area contributed by atoms with Gasteiger partial charge in [0, 0.05) is 17.6 Å². The summed E-state index contributed by atoms with van der Waals surface area (Å²) in [5, 5.41) is 5.88. The van der Waals surface area contributed by atoms with Gasteiger partial charge in [0.25, 0.3) is 0 Å². The van der Waals surface area contributed by atoms with E-state index in [2.05, 4.69) is 10.6 Å². The van der Waals surface area contributed by atoms with E-state index < -0.39 is 6.04 Å². The van der Waals surface area contributed by atoms with E-state index in [4.69, 9.17) is 0 Å². The van der Waals surface area contributed by atoms with E-state index in [0.717, 1.165) is 48.8 Å². The van der Waals surface area contributed by atoms with Crippen molar-refractivity contribution in [3.63, 3.8) is 0 Å². The molecule has 3 amide bonds. The zero-order chi connectivity index (χ0) is 26.2. The summed E-state index contributed by atoms with van der Waals surface area (Å²) in [6.45, 7) is 2.23. The van der Waals surface area contributed by atoms with Crippen molar-refractivity contribution in [2.45, 2.75) is 102 Å². The Morgan fingerprint density at radius 2 is 1.58 bits per heavy atom. The smallest absolute Gasteiger partial charge is 0.319 e. The molecule has 38 heavy (non-hydrogen) atoms. The highest BCUT2D eigenvalue weighted by molar-refractivity contribution is 5.95. The second-order valence-electron chi connectivity index (χ2n) is 13.3. The number of nitrogens with one attached hydrogen (secondary N) is 2. The van der Waals surface area contributed by atoms with Crippen LogP contribution in [0.15, 0.2) is 24.3 Å². The Kier molecular flexibility index (Phi) is 7.50. The van der Waals surface area contributed by atoms with Crippen molar-refractivity contribution in [1.82, 2.24) is 10.2 Å². The number of benzene rings is 1. The van der Waals surface area contributed by atoms with Crippen molar-refractivity contribution in [3.8, 4) is 0 Å². The minimum atomic E-state index is -0.584. The highest BCUT2D eigenvalue weighted by atomic mass is 16.2. The topological polar surface area (TPSA) is 78.5 Å². The first-order valence-electron chi connectivity index (χ1n) is 15.4. The van der Waals surface area contributed by atoms with Gasteiger partial charge in [-0.2, -0.15) is 0 Å². The lowest BCUT2D eigenvalue weighted by atomic mass is 9.51. The maximum absolute atomic E-state index is 14.1. The number of Topliss-reactive ketones (excluding diaryl/α,β-unsaturated/α-hetero) is 1. The third-order valence-corrected chi connectivity index (χ3v) is 10.7. The van der Waals surface area contributed by atoms with Gasteiger partial charge in [0.2, 0.25) is 5.91 Å². The van der Waals surface area contributed by atoms with Gasteiger partial charge in [0.1, 0.15) is 6.04 Å². The number of rotatable bonds is 6. The van der Waals surface area contributed by atoms with E-state index in [1.54, 1.807) is 0 Å². The first kappa shape index (κ1) is 25.9. The van der Waals surface area contributed by atoms with Crippen molar-refractivity contribution >= 4 is 23.4 Å². The molecule has 1 saturated heterocycles. The van der Waals surface area contributed by atoms with E-state index in [1.807, 2.05) is 36.1 Å². The predicted octanol–water partition coefficient (Wildman–Crippen LogP) is 6.09. The van der Waals surface area contributed by atoms with Crippen LogP contribution in [0, 0.1) is 42.4 Å². The van der Waals surface area contributed by atoms with Crippen LogP contribution < -0.4 is 10.6 Å². The second kappa shape index (κ2) is 11.0. The number of carbonyl (C=O) groups is 3. The highest BCUT2D eigenvalue weighted by Crippen LogP contribution is 2.56. The number of anilines is 1. The average molecular weight is 520 g/mol. The lowest BCUT2D eigenvalue weighted by molar-refractivity contribution is -0.146. The van der Waals surface area contributed by atoms with Gasteiger partial charge < -0.3 is 15.5 Å². The van der Waals surface area contributed by atoms with Gasteiger partial charge in [-0.25, -0.2) is 4.79 Å².